The number of aliphatic imine (C=N–C) groups is 1. The highest BCUT2D eigenvalue weighted by Crippen LogP contribution is 2.38. The monoisotopic (exact) mass is 565 g/mol. The maximum absolute atomic E-state index is 13.4. The van der Waals surface area contributed by atoms with E-state index in [0.717, 1.165) is 30.9 Å². The van der Waals surface area contributed by atoms with E-state index in [1.54, 1.807) is 24.3 Å². The van der Waals surface area contributed by atoms with Gasteiger partial charge in [0.05, 0.1) is 11.4 Å². The molecular formula is C32H31N5O3S. The van der Waals surface area contributed by atoms with Crippen molar-refractivity contribution in [3.63, 3.8) is 0 Å². The first-order valence-corrected chi connectivity index (χ1v) is 15.3. The molecule has 0 bridgehead atoms. The number of likely N-dealkylation sites (tertiary alicyclic amines) is 1. The molecule has 1 aromatic heterocycles. The van der Waals surface area contributed by atoms with Gasteiger partial charge in [-0.1, -0.05) is 48.9 Å². The van der Waals surface area contributed by atoms with E-state index in [1.165, 1.54) is 43.3 Å². The summed E-state index contributed by atoms with van der Waals surface area (Å²) in [6.07, 6.45) is 6.62. The summed E-state index contributed by atoms with van der Waals surface area (Å²) >= 11 is 0. The summed E-state index contributed by atoms with van der Waals surface area (Å²) in [6, 6.07) is 25.9. The lowest BCUT2D eigenvalue weighted by Crippen LogP contribution is -2.28. The number of carbonyl (C=O) groups is 1. The molecule has 3 heterocycles. The SMILES string of the molecule is O=C1Nc2ccc(NS(=O)(=O)c3cccnc3)cc2C1C(=Nc1ccc(CN2CCCCC2)cc1)c1ccccc1. The molecule has 8 nitrogen and oxygen atoms in total. The standard InChI is InChI=1S/C32H31N5O3S/c38-32-30(28-20-26(15-16-29(28)35-32)36-41(39,40)27-10-7-17-33-21-27)31(24-8-3-1-4-9-24)34-25-13-11-23(12-14-25)22-37-18-5-2-6-19-37/h1,3-4,7-17,20-21,30,36H,2,5-6,18-19,22H2,(H,35,38). The van der Waals surface area contributed by atoms with Crippen molar-refractivity contribution in [2.24, 2.45) is 4.99 Å². The topological polar surface area (TPSA) is 104 Å². The van der Waals surface area contributed by atoms with E-state index in [1.807, 2.05) is 42.5 Å². The summed E-state index contributed by atoms with van der Waals surface area (Å²) in [5.74, 6) is -0.931. The van der Waals surface area contributed by atoms with Crippen molar-refractivity contribution in [2.75, 3.05) is 23.1 Å². The molecule has 9 heteroatoms. The maximum Gasteiger partial charge on any atom is 0.263 e. The van der Waals surface area contributed by atoms with Gasteiger partial charge in [0.25, 0.3) is 10.0 Å². The van der Waals surface area contributed by atoms with Crippen LogP contribution in [0.2, 0.25) is 0 Å². The zero-order valence-electron chi connectivity index (χ0n) is 22.5. The first kappa shape index (κ1) is 26.9. The summed E-state index contributed by atoms with van der Waals surface area (Å²) in [5, 5.41) is 2.95. The molecule has 0 aliphatic carbocycles. The summed E-state index contributed by atoms with van der Waals surface area (Å²) < 4.78 is 28.5. The van der Waals surface area contributed by atoms with Gasteiger partial charge in [0, 0.05) is 30.3 Å². The Labute approximate surface area is 240 Å². The highest BCUT2D eigenvalue weighted by Gasteiger charge is 2.36. The van der Waals surface area contributed by atoms with Crippen molar-refractivity contribution in [1.29, 1.82) is 0 Å². The fourth-order valence-corrected chi connectivity index (χ4v) is 6.42. The quantitative estimate of drug-likeness (QED) is 0.266. The second kappa shape index (κ2) is 11.6. The molecule has 0 spiro atoms. The smallest absolute Gasteiger partial charge is 0.263 e. The number of amides is 1. The van der Waals surface area contributed by atoms with E-state index in [2.05, 4.69) is 32.1 Å². The van der Waals surface area contributed by atoms with Crippen LogP contribution < -0.4 is 10.0 Å². The van der Waals surface area contributed by atoms with Gasteiger partial charge >= 0.3 is 0 Å². The first-order chi connectivity index (χ1) is 20.0. The Morgan fingerprint density at radius 2 is 1.73 bits per heavy atom. The molecule has 0 saturated carbocycles. The third-order valence-corrected chi connectivity index (χ3v) is 8.83. The fourth-order valence-electron chi connectivity index (χ4n) is 5.41. The number of rotatable bonds is 8. The predicted octanol–water partition coefficient (Wildman–Crippen LogP) is 5.73. The van der Waals surface area contributed by atoms with E-state index in [-0.39, 0.29) is 10.8 Å². The Balaban J connectivity index is 1.33. The minimum absolute atomic E-state index is 0.0570. The Kier molecular flexibility index (Phi) is 7.63. The fraction of sp³-hybridized carbons (Fsp3) is 0.219. The average Bonchev–Trinajstić information content (AvgIpc) is 3.32. The Morgan fingerprint density at radius 3 is 2.46 bits per heavy atom. The zero-order chi connectivity index (χ0) is 28.2. The summed E-state index contributed by atoms with van der Waals surface area (Å²) in [7, 11) is -3.85. The third kappa shape index (κ3) is 6.06. The first-order valence-electron chi connectivity index (χ1n) is 13.8. The number of hydrogen-bond acceptors (Lipinski definition) is 6. The van der Waals surface area contributed by atoms with Gasteiger partial charge in [-0.3, -0.25) is 24.4 Å². The van der Waals surface area contributed by atoms with Gasteiger partial charge in [0.2, 0.25) is 5.91 Å². The molecule has 1 fully saturated rings. The molecule has 0 radical (unpaired) electrons. The second-order valence-corrected chi connectivity index (χ2v) is 12.1. The van der Waals surface area contributed by atoms with Crippen molar-refractivity contribution < 1.29 is 13.2 Å². The van der Waals surface area contributed by atoms with E-state index in [9.17, 15) is 13.2 Å². The molecule has 1 amide bonds. The van der Waals surface area contributed by atoms with Crippen LogP contribution in [0.4, 0.5) is 17.1 Å². The number of fused-ring (bicyclic) bond motifs is 1. The van der Waals surface area contributed by atoms with Crippen LogP contribution in [-0.2, 0) is 21.4 Å². The van der Waals surface area contributed by atoms with Crippen molar-refractivity contribution in [2.45, 2.75) is 36.6 Å². The van der Waals surface area contributed by atoms with Crippen molar-refractivity contribution in [1.82, 2.24) is 9.88 Å². The summed E-state index contributed by atoms with van der Waals surface area (Å²) in [4.78, 5) is 24.8. The van der Waals surface area contributed by atoms with Gasteiger partial charge in [-0.2, -0.15) is 0 Å². The lowest BCUT2D eigenvalue weighted by Gasteiger charge is -2.26. The van der Waals surface area contributed by atoms with Gasteiger partial charge in [-0.05, 0) is 85.1 Å². The number of anilines is 2. The summed E-state index contributed by atoms with van der Waals surface area (Å²) in [6.45, 7) is 3.19. The molecule has 208 valence electrons. The van der Waals surface area contributed by atoms with Crippen LogP contribution in [0.1, 0.15) is 41.9 Å². The Morgan fingerprint density at radius 1 is 0.951 bits per heavy atom. The Bertz CT molecular complexity index is 1670. The molecule has 4 aromatic rings. The maximum atomic E-state index is 13.4. The minimum atomic E-state index is -3.85. The highest BCUT2D eigenvalue weighted by molar-refractivity contribution is 7.92. The van der Waals surface area contributed by atoms with E-state index >= 15 is 0 Å². The van der Waals surface area contributed by atoms with E-state index in [0.29, 0.717) is 22.6 Å². The van der Waals surface area contributed by atoms with Crippen LogP contribution in [0, 0.1) is 0 Å². The predicted molar refractivity (Wildman–Crippen MR) is 161 cm³/mol. The molecule has 1 unspecified atom stereocenters. The number of aromatic nitrogens is 1. The highest BCUT2D eigenvalue weighted by atomic mass is 32.2. The third-order valence-electron chi connectivity index (χ3n) is 7.46. The van der Waals surface area contributed by atoms with Crippen LogP contribution in [0.3, 0.4) is 0 Å². The number of carbonyl (C=O) groups excluding carboxylic acids is 1. The molecule has 2 N–H and O–H groups in total. The van der Waals surface area contributed by atoms with Crippen LogP contribution in [0.5, 0.6) is 0 Å². The number of hydrogen-bond donors (Lipinski definition) is 2. The number of sulfonamides is 1. The molecule has 41 heavy (non-hydrogen) atoms. The zero-order valence-corrected chi connectivity index (χ0v) is 23.3. The van der Waals surface area contributed by atoms with Crippen molar-refractivity contribution >= 4 is 38.7 Å². The van der Waals surface area contributed by atoms with Gasteiger partial charge < -0.3 is 5.32 Å². The van der Waals surface area contributed by atoms with Crippen LogP contribution >= 0.6 is 0 Å². The van der Waals surface area contributed by atoms with Crippen LogP contribution in [-0.4, -0.2) is 43.0 Å². The number of piperidine rings is 1. The van der Waals surface area contributed by atoms with Crippen LogP contribution in [0.25, 0.3) is 0 Å². The molecule has 6 rings (SSSR count). The van der Waals surface area contributed by atoms with E-state index < -0.39 is 15.9 Å². The molecule has 3 aromatic carbocycles. The molecule has 1 saturated heterocycles. The number of benzene rings is 3. The summed E-state index contributed by atoms with van der Waals surface area (Å²) in [5.41, 5.74) is 5.04. The van der Waals surface area contributed by atoms with Gasteiger partial charge in [-0.15, -0.1) is 0 Å². The number of nitrogens with one attached hydrogen (secondary N) is 2. The average molecular weight is 566 g/mol. The largest absolute Gasteiger partial charge is 0.325 e. The van der Waals surface area contributed by atoms with Gasteiger partial charge in [0.1, 0.15) is 10.8 Å². The van der Waals surface area contributed by atoms with Crippen molar-refractivity contribution in [3.8, 4) is 0 Å². The van der Waals surface area contributed by atoms with Gasteiger partial charge in [-0.25, -0.2) is 8.42 Å². The van der Waals surface area contributed by atoms with Gasteiger partial charge in [0.15, 0.2) is 0 Å². The molecular weight excluding hydrogens is 534 g/mol. The molecule has 2 aliphatic rings. The number of pyridine rings is 1. The van der Waals surface area contributed by atoms with Crippen molar-refractivity contribution in [3.05, 3.63) is 114 Å². The van der Waals surface area contributed by atoms with E-state index in [4.69, 9.17) is 4.99 Å². The molecule has 1 atom stereocenters. The second-order valence-electron chi connectivity index (χ2n) is 10.4. The lowest BCUT2D eigenvalue weighted by atomic mass is 9.90. The Hall–Kier alpha value is -4.34. The minimum Gasteiger partial charge on any atom is -0.325 e. The number of nitrogens with zero attached hydrogens (tertiary/aromatic N) is 3. The van der Waals surface area contributed by atoms with Crippen LogP contribution in [0.15, 0.2) is 107 Å². The lowest BCUT2D eigenvalue weighted by molar-refractivity contribution is -0.115. The normalized spacial score (nSPS) is 17.6. The molecule has 2 aliphatic heterocycles.